The molecule has 6 nitrogen and oxygen atoms in total. The van der Waals surface area contributed by atoms with Gasteiger partial charge in [0.25, 0.3) is 5.91 Å². The second kappa shape index (κ2) is 5.70. The molecule has 0 atom stereocenters. The number of nitrogens with two attached hydrogens (primary N) is 1. The van der Waals surface area contributed by atoms with Gasteiger partial charge in [0.15, 0.2) is 9.84 Å². The summed E-state index contributed by atoms with van der Waals surface area (Å²) in [7, 11) is -2.99. The lowest BCUT2D eigenvalue weighted by atomic mass is 10.1. The van der Waals surface area contributed by atoms with Gasteiger partial charge < -0.3 is 15.4 Å². The maximum absolute atomic E-state index is 12.3. The third kappa shape index (κ3) is 3.22. The summed E-state index contributed by atoms with van der Waals surface area (Å²) in [6.07, 6.45) is 0. The van der Waals surface area contributed by atoms with Gasteiger partial charge in [0.2, 0.25) is 0 Å². The Bertz CT molecular complexity index is 599. The first-order chi connectivity index (χ1) is 9.43. The van der Waals surface area contributed by atoms with Crippen LogP contribution in [0.25, 0.3) is 0 Å². The van der Waals surface area contributed by atoms with Crippen molar-refractivity contribution in [1.82, 2.24) is 4.90 Å². The number of nitrogens with zero attached hydrogens (tertiary/aromatic N) is 1. The van der Waals surface area contributed by atoms with Gasteiger partial charge in [0, 0.05) is 18.7 Å². The van der Waals surface area contributed by atoms with Gasteiger partial charge >= 0.3 is 0 Å². The van der Waals surface area contributed by atoms with Gasteiger partial charge in [-0.05, 0) is 25.1 Å². The first kappa shape index (κ1) is 14.6. The summed E-state index contributed by atoms with van der Waals surface area (Å²) >= 11 is 0. The zero-order chi connectivity index (χ0) is 14.8. The topological polar surface area (TPSA) is 89.7 Å². The minimum Gasteiger partial charge on any atom is -0.492 e. The molecule has 0 radical (unpaired) electrons. The molecule has 1 aliphatic heterocycles. The van der Waals surface area contributed by atoms with E-state index in [1.165, 1.54) is 4.90 Å². The van der Waals surface area contributed by atoms with E-state index in [2.05, 4.69) is 0 Å². The fourth-order valence-electron chi connectivity index (χ4n) is 2.07. The van der Waals surface area contributed by atoms with Gasteiger partial charge in [-0.25, -0.2) is 8.42 Å². The van der Waals surface area contributed by atoms with Crippen molar-refractivity contribution in [2.45, 2.75) is 6.92 Å². The molecule has 2 rings (SSSR count). The molecule has 0 aromatic heterocycles. The molecule has 7 heteroatoms. The van der Waals surface area contributed by atoms with Crippen LogP contribution in [0.4, 0.5) is 5.69 Å². The minimum atomic E-state index is -2.99. The average molecular weight is 298 g/mol. The third-order valence-corrected chi connectivity index (χ3v) is 4.80. The molecule has 1 aliphatic rings. The van der Waals surface area contributed by atoms with Gasteiger partial charge in [-0.15, -0.1) is 0 Å². The van der Waals surface area contributed by atoms with Crippen molar-refractivity contribution in [2.75, 3.05) is 36.9 Å². The first-order valence-electron chi connectivity index (χ1n) is 6.45. The van der Waals surface area contributed by atoms with Crippen LogP contribution in [-0.2, 0) is 9.84 Å². The Morgan fingerprint density at radius 1 is 1.35 bits per heavy atom. The molecule has 1 saturated heterocycles. The van der Waals surface area contributed by atoms with E-state index >= 15 is 0 Å². The normalized spacial score (nSPS) is 17.8. The van der Waals surface area contributed by atoms with Crippen molar-refractivity contribution in [3.8, 4) is 5.75 Å². The molecule has 2 N–H and O–H groups in total. The molecule has 0 unspecified atom stereocenters. The van der Waals surface area contributed by atoms with Crippen LogP contribution in [0.2, 0.25) is 0 Å². The van der Waals surface area contributed by atoms with Crippen LogP contribution in [0.5, 0.6) is 5.75 Å². The lowest BCUT2D eigenvalue weighted by molar-refractivity contribution is 0.0770. The second-order valence-corrected chi connectivity index (χ2v) is 6.93. The highest BCUT2D eigenvalue weighted by atomic mass is 32.2. The van der Waals surface area contributed by atoms with Crippen molar-refractivity contribution < 1.29 is 17.9 Å². The minimum absolute atomic E-state index is 0.0191. The predicted molar refractivity (Wildman–Crippen MR) is 76.6 cm³/mol. The van der Waals surface area contributed by atoms with E-state index in [0.29, 0.717) is 23.6 Å². The van der Waals surface area contributed by atoms with Crippen molar-refractivity contribution in [1.29, 1.82) is 0 Å². The predicted octanol–water partition coefficient (Wildman–Crippen LogP) is 0.538. The summed E-state index contributed by atoms with van der Waals surface area (Å²) in [5.74, 6) is 0.385. The van der Waals surface area contributed by atoms with Crippen LogP contribution in [0.1, 0.15) is 17.3 Å². The molecule has 0 bridgehead atoms. The molecule has 1 fully saturated rings. The number of carbonyl (C=O) groups is 1. The van der Waals surface area contributed by atoms with Gasteiger partial charge in [-0.2, -0.15) is 0 Å². The number of nitrogen functional groups attached to an aromatic ring is 1. The molecule has 0 saturated carbocycles. The van der Waals surface area contributed by atoms with Crippen LogP contribution in [0.15, 0.2) is 18.2 Å². The van der Waals surface area contributed by atoms with Crippen LogP contribution in [-0.4, -0.2) is 50.4 Å². The number of benzene rings is 1. The van der Waals surface area contributed by atoms with E-state index in [1.807, 2.05) is 6.92 Å². The van der Waals surface area contributed by atoms with Crippen LogP contribution >= 0.6 is 0 Å². The largest absolute Gasteiger partial charge is 0.492 e. The number of amides is 1. The Kier molecular flexibility index (Phi) is 4.17. The van der Waals surface area contributed by atoms with Crippen molar-refractivity contribution in [3.05, 3.63) is 23.8 Å². The van der Waals surface area contributed by atoms with E-state index in [-0.39, 0.29) is 30.5 Å². The summed E-state index contributed by atoms with van der Waals surface area (Å²) < 4.78 is 28.0. The highest BCUT2D eigenvalue weighted by Gasteiger charge is 2.25. The monoisotopic (exact) mass is 298 g/mol. The lowest BCUT2D eigenvalue weighted by Crippen LogP contribution is -2.43. The number of ether oxygens (including phenoxy) is 1. The fourth-order valence-corrected chi connectivity index (χ4v) is 3.27. The SMILES string of the molecule is CCOc1ccc(C(=O)N2CCS(=O)(=O)CC2)cc1N. The number of hydrogen-bond acceptors (Lipinski definition) is 5. The summed E-state index contributed by atoms with van der Waals surface area (Å²) in [6.45, 7) is 2.82. The van der Waals surface area contributed by atoms with E-state index < -0.39 is 9.84 Å². The van der Waals surface area contributed by atoms with E-state index in [0.717, 1.165) is 0 Å². The maximum atomic E-state index is 12.3. The molecule has 0 aliphatic carbocycles. The standard InChI is InChI=1S/C13H18N2O4S/c1-2-19-12-4-3-10(9-11(12)14)13(16)15-5-7-20(17,18)8-6-15/h3-4,9H,2,5-8,14H2,1H3. The Morgan fingerprint density at radius 2 is 2.00 bits per heavy atom. The summed E-state index contributed by atoms with van der Waals surface area (Å²) in [6, 6.07) is 4.87. The first-order valence-corrected chi connectivity index (χ1v) is 8.27. The zero-order valence-electron chi connectivity index (χ0n) is 11.3. The number of carbonyl (C=O) groups excluding carboxylic acids is 1. The van der Waals surface area contributed by atoms with Gasteiger partial charge in [0.05, 0.1) is 23.8 Å². The lowest BCUT2D eigenvalue weighted by Gasteiger charge is -2.26. The molecular formula is C13H18N2O4S. The van der Waals surface area contributed by atoms with Gasteiger partial charge in [-0.3, -0.25) is 4.79 Å². The van der Waals surface area contributed by atoms with Crippen LogP contribution in [0.3, 0.4) is 0 Å². The molecule has 20 heavy (non-hydrogen) atoms. The highest BCUT2D eigenvalue weighted by molar-refractivity contribution is 7.91. The Balaban J connectivity index is 2.12. The maximum Gasteiger partial charge on any atom is 0.253 e. The Hall–Kier alpha value is -1.76. The number of sulfone groups is 1. The van der Waals surface area contributed by atoms with Gasteiger partial charge in [0.1, 0.15) is 5.75 Å². The zero-order valence-corrected chi connectivity index (χ0v) is 12.1. The van der Waals surface area contributed by atoms with Crippen molar-refractivity contribution >= 4 is 21.4 Å². The quantitative estimate of drug-likeness (QED) is 0.823. The Morgan fingerprint density at radius 3 is 2.55 bits per heavy atom. The molecule has 1 amide bonds. The average Bonchev–Trinajstić information content (AvgIpc) is 2.40. The molecular weight excluding hydrogens is 280 g/mol. The van der Waals surface area contributed by atoms with E-state index in [1.54, 1.807) is 18.2 Å². The van der Waals surface area contributed by atoms with Gasteiger partial charge in [-0.1, -0.05) is 0 Å². The number of anilines is 1. The molecule has 1 aromatic carbocycles. The van der Waals surface area contributed by atoms with E-state index in [9.17, 15) is 13.2 Å². The Labute approximate surface area is 118 Å². The summed E-state index contributed by atoms with van der Waals surface area (Å²) in [5.41, 5.74) is 6.68. The number of rotatable bonds is 3. The molecule has 1 heterocycles. The van der Waals surface area contributed by atoms with Crippen molar-refractivity contribution in [2.24, 2.45) is 0 Å². The summed E-state index contributed by atoms with van der Waals surface area (Å²) in [5, 5.41) is 0. The highest BCUT2D eigenvalue weighted by Crippen LogP contribution is 2.23. The fraction of sp³-hybridized carbons (Fsp3) is 0.462. The molecule has 0 spiro atoms. The van der Waals surface area contributed by atoms with E-state index in [4.69, 9.17) is 10.5 Å². The molecule has 1 aromatic rings. The third-order valence-electron chi connectivity index (χ3n) is 3.19. The smallest absolute Gasteiger partial charge is 0.253 e. The molecule has 110 valence electrons. The second-order valence-electron chi connectivity index (χ2n) is 4.63. The summed E-state index contributed by atoms with van der Waals surface area (Å²) in [4.78, 5) is 13.8. The number of hydrogen-bond donors (Lipinski definition) is 1. The van der Waals surface area contributed by atoms with Crippen LogP contribution < -0.4 is 10.5 Å². The van der Waals surface area contributed by atoms with Crippen molar-refractivity contribution in [3.63, 3.8) is 0 Å². The van der Waals surface area contributed by atoms with Crippen LogP contribution in [0, 0.1) is 0 Å².